The molecule has 1 fully saturated rings. The average molecular weight is 195 g/mol. The number of nitrogens with one attached hydrogen (secondary N) is 1. The third-order valence-electron chi connectivity index (χ3n) is 3.07. The molecule has 0 saturated heterocycles. The second-order valence-corrected chi connectivity index (χ2v) is 4.92. The van der Waals surface area contributed by atoms with Gasteiger partial charge in [0.2, 0.25) is 0 Å². The molecule has 1 rings (SSSR count). The van der Waals surface area contributed by atoms with Crippen LogP contribution in [0.15, 0.2) is 11.6 Å². The molecule has 0 spiro atoms. The van der Waals surface area contributed by atoms with Crippen LogP contribution in [0, 0.1) is 11.8 Å². The van der Waals surface area contributed by atoms with Crippen LogP contribution in [0.1, 0.15) is 47.0 Å². The summed E-state index contributed by atoms with van der Waals surface area (Å²) in [6.07, 6.45) is 6.52. The van der Waals surface area contributed by atoms with Crippen molar-refractivity contribution in [1.29, 1.82) is 0 Å². The third kappa shape index (κ3) is 3.83. The normalized spacial score (nSPS) is 20.3. The molecule has 1 saturated carbocycles. The molecule has 1 nitrogen and oxygen atoms in total. The minimum absolute atomic E-state index is 0.604. The molecule has 1 heteroatoms. The highest BCUT2D eigenvalue weighted by Crippen LogP contribution is 2.38. The van der Waals surface area contributed by atoms with Crippen LogP contribution in [0.4, 0.5) is 0 Å². The van der Waals surface area contributed by atoms with Gasteiger partial charge in [0.1, 0.15) is 0 Å². The van der Waals surface area contributed by atoms with E-state index in [9.17, 15) is 0 Å². The third-order valence-corrected chi connectivity index (χ3v) is 3.07. The van der Waals surface area contributed by atoms with E-state index in [-0.39, 0.29) is 0 Å². The van der Waals surface area contributed by atoms with Crippen LogP contribution in [0.25, 0.3) is 0 Å². The molecule has 82 valence electrons. The van der Waals surface area contributed by atoms with Crippen molar-refractivity contribution in [2.75, 3.05) is 6.54 Å². The van der Waals surface area contributed by atoms with E-state index < -0.39 is 0 Å². The fourth-order valence-corrected chi connectivity index (χ4v) is 1.98. The van der Waals surface area contributed by atoms with Crippen molar-refractivity contribution in [3.8, 4) is 0 Å². The van der Waals surface area contributed by atoms with Gasteiger partial charge in [-0.1, -0.05) is 25.5 Å². The minimum atomic E-state index is 0.604. The first-order valence-corrected chi connectivity index (χ1v) is 6.03. The minimum Gasteiger partial charge on any atom is -0.310 e. The van der Waals surface area contributed by atoms with Crippen LogP contribution >= 0.6 is 0 Å². The van der Waals surface area contributed by atoms with Crippen molar-refractivity contribution in [1.82, 2.24) is 5.32 Å². The topological polar surface area (TPSA) is 12.0 Å². The second kappa shape index (κ2) is 5.55. The maximum atomic E-state index is 3.65. The number of hydrogen-bond acceptors (Lipinski definition) is 1. The van der Waals surface area contributed by atoms with Crippen molar-refractivity contribution in [2.45, 2.75) is 53.0 Å². The van der Waals surface area contributed by atoms with Gasteiger partial charge in [-0.3, -0.25) is 0 Å². The predicted molar refractivity (Wildman–Crippen MR) is 63.4 cm³/mol. The largest absolute Gasteiger partial charge is 0.310 e. The molecule has 1 N–H and O–H groups in total. The van der Waals surface area contributed by atoms with E-state index in [0.717, 1.165) is 18.4 Å². The zero-order valence-corrected chi connectivity index (χ0v) is 10.1. The van der Waals surface area contributed by atoms with Crippen LogP contribution < -0.4 is 5.32 Å². The lowest BCUT2D eigenvalue weighted by Gasteiger charge is -2.22. The van der Waals surface area contributed by atoms with Gasteiger partial charge in [-0.25, -0.2) is 0 Å². The average Bonchev–Trinajstić information content (AvgIpc) is 2.93. The highest BCUT2D eigenvalue weighted by molar-refractivity contribution is 5.04. The Bertz CT molecular complexity index is 187. The molecule has 0 aromatic carbocycles. The first-order chi connectivity index (χ1) is 6.65. The van der Waals surface area contributed by atoms with Gasteiger partial charge < -0.3 is 5.32 Å². The van der Waals surface area contributed by atoms with E-state index in [0.29, 0.717) is 6.04 Å². The quantitative estimate of drug-likeness (QED) is 0.641. The van der Waals surface area contributed by atoms with Crippen molar-refractivity contribution < 1.29 is 0 Å². The van der Waals surface area contributed by atoms with E-state index in [1.165, 1.54) is 24.8 Å². The molecule has 0 bridgehead atoms. The summed E-state index contributed by atoms with van der Waals surface area (Å²) < 4.78 is 0. The van der Waals surface area contributed by atoms with Crippen molar-refractivity contribution in [3.63, 3.8) is 0 Å². The zero-order chi connectivity index (χ0) is 10.6. The molecule has 0 aromatic heterocycles. The maximum absolute atomic E-state index is 3.65. The molecule has 0 aromatic rings. The summed E-state index contributed by atoms with van der Waals surface area (Å²) in [5.41, 5.74) is 1.44. The summed E-state index contributed by atoms with van der Waals surface area (Å²) in [7, 11) is 0. The molecule has 0 aliphatic heterocycles. The van der Waals surface area contributed by atoms with Crippen molar-refractivity contribution in [3.05, 3.63) is 11.6 Å². The van der Waals surface area contributed by atoms with E-state index in [2.05, 4.69) is 39.1 Å². The number of allylic oxidation sites excluding steroid dienone is 1. The zero-order valence-electron chi connectivity index (χ0n) is 10.1. The Morgan fingerprint density at radius 3 is 2.50 bits per heavy atom. The summed E-state index contributed by atoms with van der Waals surface area (Å²) in [6.45, 7) is 10.2. The fraction of sp³-hybridized carbons (Fsp3) is 0.846. The Balaban J connectivity index is 2.46. The lowest BCUT2D eigenvalue weighted by Crippen LogP contribution is -2.35. The van der Waals surface area contributed by atoms with Gasteiger partial charge in [0.25, 0.3) is 0 Å². The molecule has 14 heavy (non-hydrogen) atoms. The van der Waals surface area contributed by atoms with Crippen LogP contribution in [0.3, 0.4) is 0 Å². The lowest BCUT2D eigenvalue weighted by atomic mass is 9.95. The standard InChI is InChI=1S/C13H25N/c1-5-8-14-13(9-10(2)3)11(4)12-6-7-12/h9,11-14H,5-8H2,1-4H3. The summed E-state index contributed by atoms with van der Waals surface area (Å²) in [6, 6.07) is 0.604. The maximum Gasteiger partial charge on any atom is 0.0280 e. The van der Waals surface area contributed by atoms with Gasteiger partial charge in [-0.15, -0.1) is 0 Å². The summed E-state index contributed by atoms with van der Waals surface area (Å²) in [5, 5.41) is 3.65. The van der Waals surface area contributed by atoms with E-state index >= 15 is 0 Å². The SMILES string of the molecule is CCCNC(C=C(C)C)C(C)C1CC1. The lowest BCUT2D eigenvalue weighted by molar-refractivity contribution is 0.392. The van der Waals surface area contributed by atoms with Gasteiger partial charge in [0.05, 0.1) is 0 Å². The fourth-order valence-electron chi connectivity index (χ4n) is 1.98. The molecule has 2 unspecified atom stereocenters. The molecule has 0 heterocycles. The summed E-state index contributed by atoms with van der Waals surface area (Å²) >= 11 is 0. The monoisotopic (exact) mass is 195 g/mol. The predicted octanol–water partition coefficient (Wildman–Crippen LogP) is 3.37. The molecule has 1 aliphatic rings. The molecule has 0 amide bonds. The Morgan fingerprint density at radius 2 is 2.07 bits per heavy atom. The molecule has 2 atom stereocenters. The van der Waals surface area contributed by atoms with E-state index in [1.54, 1.807) is 0 Å². The van der Waals surface area contributed by atoms with Gasteiger partial charge in [-0.2, -0.15) is 0 Å². The van der Waals surface area contributed by atoms with Gasteiger partial charge in [-0.05, 0) is 51.5 Å². The van der Waals surface area contributed by atoms with Crippen LogP contribution in [0.5, 0.6) is 0 Å². The van der Waals surface area contributed by atoms with Gasteiger partial charge >= 0.3 is 0 Å². The Labute approximate surface area is 89.0 Å². The smallest absolute Gasteiger partial charge is 0.0280 e. The highest BCUT2D eigenvalue weighted by Gasteiger charge is 2.31. The molecular weight excluding hydrogens is 170 g/mol. The van der Waals surface area contributed by atoms with Crippen molar-refractivity contribution >= 4 is 0 Å². The van der Waals surface area contributed by atoms with E-state index in [1.807, 2.05) is 0 Å². The summed E-state index contributed by atoms with van der Waals surface area (Å²) in [5.74, 6) is 1.80. The Morgan fingerprint density at radius 1 is 1.43 bits per heavy atom. The molecular formula is C13H25N. The van der Waals surface area contributed by atoms with E-state index in [4.69, 9.17) is 0 Å². The Kier molecular flexibility index (Phi) is 4.67. The molecule has 0 radical (unpaired) electrons. The first-order valence-electron chi connectivity index (χ1n) is 6.03. The van der Waals surface area contributed by atoms with Crippen molar-refractivity contribution in [2.24, 2.45) is 11.8 Å². The van der Waals surface area contributed by atoms with Crippen LogP contribution in [-0.2, 0) is 0 Å². The Hall–Kier alpha value is -0.300. The highest BCUT2D eigenvalue weighted by atomic mass is 14.9. The first kappa shape index (κ1) is 11.8. The second-order valence-electron chi connectivity index (χ2n) is 4.92. The summed E-state index contributed by atoms with van der Waals surface area (Å²) in [4.78, 5) is 0. The van der Waals surface area contributed by atoms with Crippen LogP contribution in [-0.4, -0.2) is 12.6 Å². The van der Waals surface area contributed by atoms with Gasteiger partial charge in [0.15, 0.2) is 0 Å². The van der Waals surface area contributed by atoms with Gasteiger partial charge in [0, 0.05) is 6.04 Å². The number of hydrogen-bond donors (Lipinski definition) is 1. The number of rotatable bonds is 6. The van der Waals surface area contributed by atoms with Crippen LogP contribution in [0.2, 0.25) is 0 Å². The molecule has 1 aliphatic carbocycles.